The maximum absolute atomic E-state index is 6.51. The normalized spacial score (nSPS) is 14.8. The molecule has 0 aromatic rings. The lowest BCUT2D eigenvalue weighted by molar-refractivity contribution is 0.760. The second-order valence-electron chi connectivity index (χ2n) is 3.08. The smallest absolute Gasteiger partial charge is 0.305 e. The van der Waals surface area contributed by atoms with Crippen LogP contribution in [0.3, 0.4) is 0 Å². The fraction of sp³-hybridized carbons (Fsp3) is 1.00. The van der Waals surface area contributed by atoms with E-state index in [1.54, 1.807) is 0 Å². The molecule has 0 heterocycles. The molecule has 0 amide bonds. The summed E-state index contributed by atoms with van der Waals surface area (Å²) in [6.45, 7) is 10.5. The molecule has 0 aliphatic rings. The van der Waals surface area contributed by atoms with Crippen LogP contribution in [-0.4, -0.2) is 20.8 Å². The Balaban J connectivity index is 4.15. The average molecular weight is 209 g/mol. The predicted molar refractivity (Wildman–Crippen MR) is 58.7 cm³/mol. The number of rotatable bonds is 6. The lowest BCUT2D eigenvalue weighted by atomic mass is 10.4. The SMILES string of the molecule is CCN[Si](Cl)(NCC)C(C)CC. The lowest BCUT2D eigenvalue weighted by Crippen LogP contribution is -2.60. The summed E-state index contributed by atoms with van der Waals surface area (Å²) in [5.41, 5.74) is 0.569. The Morgan fingerprint density at radius 1 is 1.17 bits per heavy atom. The summed E-state index contributed by atoms with van der Waals surface area (Å²) in [6.07, 6.45) is 1.13. The first-order chi connectivity index (χ1) is 5.60. The van der Waals surface area contributed by atoms with E-state index in [4.69, 9.17) is 11.1 Å². The molecule has 12 heavy (non-hydrogen) atoms. The Hall–Kier alpha value is 0.427. The van der Waals surface area contributed by atoms with Crippen molar-refractivity contribution in [3.8, 4) is 0 Å². The van der Waals surface area contributed by atoms with Gasteiger partial charge in [-0.05, 0) is 18.6 Å². The van der Waals surface area contributed by atoms with E-state index in [0.717, 1.165) is 19.5 Å². The van der Waals surface area contributed by atoms with Gasteiger partial charge in [-0.3, -0.25) is 0 Å². The van der Waals surface area contributed by atoms with Gasteiger partial charge in [0.2, 0.25) is 0 Å². The molecular formula is C8H21ClN2Si. The molecule has 2 N–H and O–H groups in total. The van der Waals surface area contributed by atoms with Crippen molar-refractivity contribution < 1.29 is 0 Å². The first-order valence-corrected chi connectivity index (χ1v) is 7.88. The topological polar surface area (TPSA) is 24.1 Å². The highest BCUT2D eigenvalue weighted by molar-refractivity contribution is 7.18. The summed E-state index contributed by atoms with van der Waals surface area (Å²) in [6, 6.07) is 0. The van der Waals surface area contributed by atoms with Gasteiger partial charge in [-0.1, -0.05) is 34.1 Å². The largest absolute Gasteiger partial charge is 0.314 e. The van der Waals surface area contributed by atoms with Gasteiger partial charge >= 0.3 is 7.71 Å². The second kappa shape index (κ2) is 5.97. The molecule has 2 nitrogen and oxygen atoms in total. The van der Waals surface area contributed by atoms with Crippen molar-refractivity contribution in [2.24, 2.45) is 0 Å². The van der Waals surface area contributed by atoms with Crippen LogP contribution in [0.5, 0.6) is 0 Å². The van der Waals surface area contributed by atoms with Crippen molar-refractivity contribution in [3.05, 3.63) is 0 Å². The van der Waals surface area contributed by atoms with Crippen LogP contribution in [0.4, 0.5) is 0 Å². The summed E-state index contributed by atoms with van der Waals surface area (Å²) in [7, 11) is -1.88. The molecular weight excluding hydrogens is 188 g/mol. The zero-order valence-electron chi connectivity index (χ0n) is 8.58. The highest BCUT2D eigenvalue weighted by atomic mass is 35.6. The van der Waals surface area contributed by atoms with Crippen molar-refractivity contribution in [1.82, 2.24) is 9.96 Å². The zero-order valence-corrected chi connectivity index (χ0v) is 10.3. The molecule has 0 aliphatic carbocycles. The van der Waals surface area contributed by atoms with E-state index >= 15 is 0 Å². The van der Waals surface area contributed by atoms with E-state index < -0.39 is 7.71 Å². The van der Waals surface area contributed by atoms with E-state index in [1.165, 1.54) is 0 Å². The molecule has 0 spiro atoms. The molecule has 0 bridgehead atoms. The monoisotopic (exact) mass is 208 g/mol. The number of nitrogens with one attached hydrogen (secondary N) is 2. The summed E-state index contributed by atoms with van der Waals surface area (Å²) in [5, 5.41) is 0. The van der Waals surface area contributed by atoms with E-state index in [2.05, 4.69) is 37.7 Å². The molecule has 0 aromatic carbocycles. The van der Waals surface area contributed by atoms with E-state index in [-0.39, 0.29) is 0 Å². The maximum Gasteiger partial charge on any atom is 0.305 e. The van der Waals surface area contributed by atoms with Gasteiger partial charge in [0, 0.05) is 0 Å². The van der Waals surface area contributed by atoms with Gasteiger partial charge in [-0.2, -0.15) is 0 Å². The van der Waals surface area contributed by atoms with Gasteiger partial charge in [0.1, 0.15) is 0 Å². The number of halogens is 1. The van der Waals surface area contributed by atoms with Gasteiger partial charge in [0.25, 0.3) is 0 Å². The predicted octanol–water partition coefficient (Wildman–Crippen LogP) is 2.18. The standard InChI is InChI=1S/C8H21ClN2Si/c1-5-8(4)12(9,10-6-2)11-7-3/h8,10-11H,5-7H2,1-4H3. The Kier molecular flexibility index (Phi) is 6.18. The highest BCUT2D eigenvalue weighted by Crippen LogP contribution is 2.22. The fourth-order valence-electron chi connectivity index (χ4n) is 1.21. The molecule has 4 heteroatoms. The quantitative estimate of drug-likeness (QED) is 0.517. The minimum atomic E-state index is -1.88. The first kappa shape index (κ1) is 12.4. The number of hydrogen-bond acceptors (Lipinski definition) is 2. The third-order valence-electron chi connectivity index (χ3n) is 2.16. The van der Waals surface area contributed by atoms with Crippen LogP contribution < -0.4 is 9.96 Å². The van der Waals surface area contributed by atoms with Crippen LogP contribution in [0.15, 0.2) is 0 Å². The maximum atomic E-state index is 6.51. The molecule has 1 atom stereocenters. The Morgan fingerprint density at radius 2 is 1.58 bits per heavy atom. The van der Waals surface area contributed by atoms with Crippen molar-refractivity contribution in [1.29, 1.82) is 0 Å². The van der Waals surface area contributed by atoms with E-state index in [9.17, 15) is 0 Å². The first-order valence-electron chi connectivity index (χ1n) is 4.79. The van der Waals surface area contributed by atoms with Crippen molar-refractivity contribution in [2.45, 2.75) is 39.7 Å². The zero-order chi connectivity index (χ0) is 9.61. The van der Waals surface area contributed by atoms with Crippen LogP contribution >= 0.6 is 11.1 Å². The third-order valence-corrected chi connectivity index (χ3v) is 7.58. The Morgan fingerprint density at radius 3 is 1.83 bits per heavy atom. The van der Waals surface area contributed by atoms with Crippen LogP contribution in [-0.2, 0) is 0 Å². The van der Waals surface area contributed by atoms with Gasteiger partial charge in [0.05, 0.1) is 0 Å². The van der Waals surface area contributed by atoms with Crippen LogP contribution in [0, 0.1) is 0 Å². The van der Waals surface area contributed by atoms with Gasteiger partial charge in [-0.15, -0.1) is 11.1 Å². The lowest BCUT2D eigenvalue weighted by Gasteiger charge is -2.30. The fourth-order valence-corrected chi connectivity index (χ4v) is 4.89. The summed E-state index contributed by atoms with van der Waals surface area (Å²) in [5.74, 6) is 0. The van der Waals surface area contributed by atoms with Gasteiger partial charge in [-0.25, -0.2) is 0 Å². The molecule has 0 saturated carbocycles. The molecule has 0 radical (unpaired) electrons. The molecule has 0 rings (SSSR count). The Bertz CT molecular complexity index is 116. The summed E-state index contributed by atoms with van der Waals surface area (Å²) in [4.78, 5) is 6.81. The van der Waals surface area contributed by atoms with E-state index in [0.29, 0.717) is 5.54 Å². The van der Waals surface area contributed by atoms with Crippen molar-refractivity contribution in [2.75, 3.05) is 13.1 Å². The highest BCUT2D eigenvalue weighted by Gasteiger charge is 2.35. The minimum absolute atomic E-state index is 0.569. The Labute approximate surface area is 81.9 Å². The molecule has 1 unspecified atom stereocenters. The third kappa shape index (κ3) is 3.43. The average Bonchev–Trinajstić information content (AvgIpc) is 2.04. The molecule has 0 aliphatic heterocycles. The summed E-state index contributed by atoms with van der Waals surface area (Å²) >= 11 is 6.51. The van der Waals surface area contributed by atoms with Crippen LogP contribution in [0.2, 0.25) is 5.54 Å². The van der Waals surface area contributed by atoms with Gasteiger partial charge < -0.3 is 9.96 Å². The summed E-state index contributed by atoms with van der Waals surface area (Å²) < 4.78 is 0. The van der Waals surface area contributed by atoms with Crippen molar-refractivity contribution >= 4 is 18.8 Å². The molecule has 74 valence electrons. The minimum Gasteiger partial charge on any atom is -0.314 e. The van der Waals surface area contributed by atoms with Crippen molar-refractivity contribution in [3.63, 3.8) is 0 Å². The molecule has 0 fully saturated rings. The van der Waals surface area contributed by atoms with Crippen LogP contribution in [0.25, 0.3) is 0 Å². The van der Waals surface area contributed by atoms with Crippen LogP contribution in [0.1, 0.15) is 34.1 Å². The molecule has 0 aromatic heterocycles. The number of hydrogen-bond donors (Lipinski definition) is 2. The second-order valence-corrected chi connectivity index (χ2v) is 7.99. The van der Waals surface area contributed by atoms with E-state index in [1.807, 2.05) is 0 Å². The molecule has 0 saturated heterocycles. The van der Waals surface area contributed by atoms with Gasteiger partial charge in [0.15, 0.2) is 0 Å².